The van der Waals surface area contributed by atoms with E-state index in [9.17, 15) is 8.42 Å². The standard InChI is InChI=1S/C14H19ClN2O3S/c1-11(10-20-2)9-17-21(18,19)14-6-5-12(4-3-7-16)8-13(14)15/h5-6,8,11,17H,7,9-10,16H2,1-2H3. The highest BCUT2D eigenvalue weighted by molar-refractivity contribution is 7.89. The summed E-state index contributed by atoms with van der Waals surface area (Å²) in [5, 5.41) is 0.130. The molecule has 0 aliphatic heterocycles. The maximum Gasteiger partial charge on any atom is 0.242 e. The zero-order chi connectivity index (χ0) is 15.9. The van der Waals surface area contributed by atoms with Crippen LogP contribution in [0.3, 0.4) is 0 Å². The Labute approximate surface area is 130 Å². The van der Waals surface area contributed by atoms with E-state index in [-0.39, 0.29) is 28.9 Å². The van der Waals surface area contributed by atoms with Crippen LogP contribution in [0.15, 0.2) is 23.1 Å². The molecule has 0 aliphatic rings. The molecule has 0 heterocycles. The van der Waals surface area contributed by atoms with Crippen molar-refractivity contribution in [1.29, 1.82) is 0 Å². The topological polar surface area (TPSA) is 81.4 Å². The van der Waals surface area contributed by atoms with Crippen LogP contribution in [0.5, 0.6) is 0 Å². The maximum atomic E-state index is 12.2. The summed E-state index contributed by atoms with van der Waals surface area (Å²) in [7, 11) is -2.08. The molecule has 1 rings (SSSR count). The molecule has 0 spiro atoms. The van der Waals surface area contributed by atoms with Gasteiger partial charge >= 0.3 is 0 Å². The molecule has 21 heavy (non-hydrogen) atoms. The van der Waals surface area contributed by atoms with Gasteiger partial charge in [0.05, 0.1) is 11.6 Å². The van der Waals surface area contributed by atoms with E-state index in [2.05, 4.69) is 16.6 Å². The third-order valence-corrected chi connectivity index (χ3v) is 4.54. The van der Waals surface area contributed by atoms with Gasteiger partial charge in [0.15, 0.2) is 0 Å². The zero-order valence-electron chi connectivity index (χ0n) is 12.0. The normalized spacial score (nSPS) is 12.6. The molecule has 1 aromatic carbocycles. The number of nitrogens with two attached hydrogens (primary N) is 1. The van der Waals surface area contributed by atoms with Gasteiger partial charge in [-0.25, -0.2) is 13.1 Å². The van der Waals surface area contributed by atoms with Crippen LogP contribution in [-0.4, -0.2) is 35.2 Å². The molecular weight excluding hydrogens is 312 g/mol. The molecule has 0 radical (unpaired) electrons. The second kappa shape index (κ2) is 8.37. The molecule has 0 saturated carbocycles. The van der Waals surface area contributed by atoms with Crippen molar-refractivity contribution >= 4 is 21.6 Å². The van der Waals surface area contributed by atoms with Crippen molar-refractivity contribution in [2.45, 2.75) is 11.8 Å². The summed E-state index contributed by atoms with van der Waals surface area (Å²) in [4.78, 5) is 0.0343. The lowest BCUT2D eigenvalue weighted by molar-refractivity contribution is 0.161. The summed E-state index contributed by atoms with van der Waals surface area (Å²) >= 11 is 6.03. The summed E-state index contributed by atoms with van der Waals surface area (Å²) in [6.45, 7) is 2.88. The van der Waals surface area contributed by atoms with Crippen molar-refractivity contribution in [3.8, 4) is 11.8 Å². The van der Waals surface area contributed by atoms with Gasteiger partial charge in [0.2, 0.25) is 10.0 Å². The zero-order valence-corrected chi connectivity index (χ0v) is 13.6. The van der Waals surface area contributed by atoms with Crippen LogP contribution < -0.4 is 10.5 Å². The first-order chi connectivity index (χ1) is 9.90. The molecule has 5 nitrogen and oxygen atoms in total. The molecule has 116 valence electrons. The van der Waals surface area contributed by atoms with E-state index in [0.29, 0.717) is 12.2 Å². The van der Waals surface area contributed by atoms with Crippen molar-refractivity contribution in [2.75, 3.05) is 26.8 Å². The molecule has 7 heteroatoms. The van der Waals surface area contributed by atoms with E-state index >= 15 is 0 Å². The van der Waals surface area contributed by atoms with Crippen LogP contribution in [0.2, 0.25) is 5.02 Å². The predicted octanol–water partition coefficient (Wildman–Crippen LogP) is 1.21. The number of hydrogen-bond donors (Lipinski definition) is 2. The number of halogens is 1. The Morgan fingerprint density at radius 3 is 2.76 bits per heavy atom. The van der Waals surface area contributed by atoms with Gasteiger partial charge in [-0.15, -0.1) is 0 Å². The predicted molar refractivity (Wildman–Crippen MR) is 83.6 cm³/mol. The van der Waals surface area contributed by atoms with Gasteiger partial charge in [-0.3, -0.25) is 0 Å². The van der Waals surface area contributed by atoms with E-state index in [4.69, 9.17) is 22.1 Å². The second-order valence-electron chi connectivity index (χ2n) is 4.56. The molecule has 1 unspecified atom stereocenters. The van der Waals surface area contributed by atoms with Crippen LogP contribution >= 0.6 is 11.6 Å². The van der Waals surface area contributed by atoms with Crippen LogP contribution in [0, 0.1) is 17.8 Å². The van der Waals surface area contributed by atoms with Crippen molar-refractivity contribution in [1.82, 2.24) is 4.72 Å². The minimum atomic E-state index is -3.65. The molecule has 0 aromatic heterocycles. The minimum absolute atomic E-state index is 0.0343. The Morgan fingerprint density at radius 1 is 1.48 bits per heavy atom. The number of nitrogens with one attached hydrogen (secondary N) is 1. The van der Waals surface area contributed by atoms with Gasteiger partial charge in [0.1, 0.15) is 4.90 Å². The van der Waals surface area contributed by atoms with E-state index in [1.165, 1.54) is 12.1 Å². The molecule has 3 N–H and O–H groups in total. The largest absolute Gasteiger partial charge is 0.384 e. The maximum absolute atomic E-state index is 12.2. The Balaban J connectivity index is 2.88. The molecule has 1 aromatic rings. The number of rotatable bonds is 6. The Hall–Kier alpha value is -1.10. The highest BCUT2D eigenvalue weighted by Crippen LogP contribution is 2.22. The summed E-state index contributed by atoms with van der Waals surface area (Å²) < 4.78 is 31.9. The summed E-state index contributed by atoms with van der Waals surface area (Å²) in [5.74, 6) is 5.55. The third-order valence-electron chi connectivity index (χ3n) is 2.63. The van der Waals surface area contributed by atoms with E-state index in [0.717, 1.165) is 0 Å². The molecule has 0 aliphatic carbocycles. The van der Waals surface area contributed by atoms with Crippen molar-refractivity contribution in [3.05, 3.63) is 28.8 Å². The minimum Gasteiger partial charge on any atom is -0.384 e. The van der Waals surface area contributed by atoms with E-state index in [1.807, 2.05) is 6.92 Å². The number of hydrogen-bond acceptors (Lipinski definition) is 4. The summed E-state index contributed by atoms with van der Waals surface area (Å²) in [6.07, 6.45) is 0. The summed E-state index contributed by atoms with van der Waals surface area (Å²) in [6, 6.07) is 4.55. The Bertz CT molecular complexity index is 635. The highest BCUT2D eigenvalue weighted by atomic mass is 35.5. The lowest BCUT2D eigenvalue weighted by atomic mass is 10.2. The van der Waals surface area contributed by atoms with Crippen molar-refractivity contribution in [3.63, 3.8) is 0 Å². The number of benzene rings is 1. The first-order valence-electron chi connectivity index (χ1n) is 6.37. The molecule has 0 bridgehead atoms. The Morgan fingerprint density at radius 2 is 2.19 bits per heavy atom. The molecular formula is C14H19ClN2O3S. The quantitative estimate of drug-likeness (QED) is 0.768. The molecule has 0 saturated heterocycles. The van der Waals surface area contributed by atoms with Gasteiger partial charge in [-0.05, 0) is 24.1 Å². The molecule has 1 atom stereocenters. The summed E-state index contributed by atoms with van der Waals surface area (Å²) in [5.41, 5.74) is 5.91. The first kappa shape index (κ1) is 18.0. The fraction of sp³-hybridized carbons (Fsp3) is 0.429. The van der Waals surface area contributed by atoms with Crippen LogP contribution in [0.4, 0.5) is 0 Å². The number of sulfonamides is 1. The third kappa shape index (κ3) is 5.65. The molecule has 0 fully saturated rings. The van der Waals surface area contributed by atoms with E-state index < -0.39 is 10.0 Å². The Kier molecular flexibility index (Phi) is 7.15. The fourth-order valence-electron chi connectivity index (χ4n) is 1.62. The molecule has 0 amide bonds. The fourth-order valence-corrected chi connectivity index (χ4v) is 3.33. The highest BCUT2D eigenvalue weighted by Gasteiger charge is 2.18. The number of ether oxygens (including phenoxy) is 1. The van der Waals surface area contributed by atoms with Gasteiger partial charge in [-0.2, -0.15) is 0 Å². The average Bonchev–Trinajstić information content (AvgIpc) is 2.43. The SMILES string of the molecule is COCC(C)CNS(=O)(=O)c1ccc(C#CCN)cc1Cl. The smallest absolute Gasteiger partial charge is 0.242 e. The number of methoxy groups -OCH3 is 1. The van der Waals surface area contributed by atoms with Crippen LogP contribution in [0.25, 0.3) is 0 Å². The van der Waals surface area contributed by atoms with Gasteiger partial charge < -0.3 is 10.5 Å². The van der Waals surface area contributed by atoms with Crippen molar-refractivity contribution in [2.24, 2.45) is 11.7 Å². The van der Waals surface area contributed by atoms with Crippen LogP contribution in [-0.2, 0) is 14.8 Å². The van der Waals surface area contributed by atoms with Gasteiger partial charge in [-0.1, -0.05) is 30.4 Å². The van der Waals surface area contributed by atoms with Gasteiger partial charge in [0, 0.05) is 25.8 Å². The van der Waals surface area contributed by atoms with Crippen LogP contribution in [0.1, 0.15) is 12.5 Å². The lowest BCUT2D eigenvalue weighted by Gasteiger charge is -2.13. The van der Waals surface area contributed by atoms with Crippen molar-refractivity contribution < 1.29 is 13.2 Å². The first-order valence-corrected chi connectivity index (χ1v) is 8.24. The van der Waals surface area contributed by atoms with Gasteiger partial charge in [0.25, 0.3) is 0 Å². The lowest BCUT2D eigenvalue weighted by Crippen LogP contribution is -2.30. The second-order valence-corrected chi connectivity index (χ2v) is 6.71. The average molecular weight is 331 g/mol. The monoisotopic (exact) mass is 330 g/mol. The van der Waals surface area contributed by atoms with E-state index in [1.54, 1.807) is 13.2 Å².